The summed E-state index contributed by atoms with van der Waals surface area (Å²) in [4.78, 5) is 16.0. The summed E-state index contributed by atoms with van der Waals surface area (Å²) in [6.07, 6.45) is 1.62. The molecule has 0 aliphatic heterocycles. The lowest BCUT2D eigenvalue weighted by Gasteiger charge is -2.08. The molecule has 5 heteroatoms. The van der Waals surface area contributed by atoms with Crippen molar-refractivity contribution in [2.24, 2.45) is 0 Å². The van der Waals surface area contributed by atoms with Crippen LogP contribution in [0.25, 0.3) is 0 Å². The summed E-state index contributed by atoms with van der Waals surface area (Å²) in [5, 5.41) is 2.62. The highest BCUT2D eigenvalue weighted by atomic mass is 19.1. The van der Waals surface area contributed by atoms with Gasteiger partial charge in [0, 0.05) is 12.3 Å². The molecule has 0 saturated heterocycles. The second-order valence-corrected chi connectivity index (χ2v) is 3.94. The number of amides is 1. The van der Waals surface area contributed by atoms with Crippen LogP contribution < -0.4 is 10.1 Å². The molecule has 0 aliphatic rings. The van der Waals surface area contributed by atoms with Crippen molar-refractivity contribution < 1.29 is 13.9 Å². The molecule has 0 saturated carbocycles. The average molecular weight is 260 g/mol. The number of nitrogens with one attached hydrogen (secondary N) is 1. The van der Waals surface area contributed by atoms with E-state index in [1.165, 1.54) is 25.3 Å². The minimum absolute atomic E-state index is 0.0379. The van der Waals surface area contributed by atoms with Crippen molar-refractivity contribution in [1.29, 1.82) is 0 Å². The van der Waals surface area contributed by atoms with Crippen molar-refractivity contribution in [2.75, 3.05) is 12.4 Å². The maximum absolute atomic E-state index is 13.7. The van der Waals surface area contributed by atoms with Gasteiger partial charge in [-0.15, -0.1) is 0 Å². The molecule has 19 heavy (non-hydrogen) atoms. The fourth-order valence-corrected chi connectivity index (χ4v) is 1.61. The Bertz CT molecular complexity index is 614. The molecular weight excluding hydrogens is 247 g/mol. The quantitative estimate of drug-likeness (QED) is 0.923. The second kappa shape index (κ2) is 5.48. The summed E-state index contributed by atoms with van der Waals surface area (Å²) >= 11 is 0. The second-order valence-electron chi connectivity index (χ2n) is 3.94. The molecule has 4 nitrogen and oxygen atoms in total. The van der Waals surface area contributed by atoms with E-state index in [9.17, 15) is 9.18 Å². The third-order valence-corrected chi connectivity index (χ3v) is 2.68. The van der Waals surface area contributed by atoms with Crippen LogP contribution in [0.1, 0.15) is 16.1 Å². The molecule has 0 spiro atoms. The van der Waals surface area contributed by atoms with Gasteiger partial charge in [0.2, 0.25) is 0 Å². The number of carbonyl (C=O) groups excluding carboxylic acids is 1. The Morgan fingerprint density at radius 3 is 2.79 bits per heavy atom. The molecule has 0 atom stereocenters. The molecule has 1 aromatic heterocycles. The van der Waals surface area contributed by atoms with Gasteiger partial charge >= 0.3 is 0 Å². The molecule has 2 rings (SSSR count). The van der Waals surface area contributed by atoms with Crippen LogP contribution in [0.4, 0.5) is 10.1 Å². The Labute approximate surface area is 110 Å². The van der Waals surface area contributed by atoms with Crippen LogP contribution in [0.2, 0.25) is 0 Å². The van der Waals surface area contributed by atoms with Crippen molar-refractivity contribution in [2.45, 2.75) is 6.92 Å². The van der Waals surface area contributed by atoms with Crippen molar-refractivity contribution in [3.63, 3.8) is 0 Å². The van der Waals surface area contributed by atoms with Gasteiger partial charge in [-0.05, 0) is 31.2 Å². The van der Waals surface area contributed by atoms with E-state index < -0.39 is 11.7 Å². The average Bonchev–Trinajstić information content (AvgIpc) is 2.41. The van der Waals surface area contributed by atoms with Crippen LogP contribution in [-0.2, 0) is 0 Å². The van der Waals surface area contributed by atoms with Gasteiger partial charge in [0.05, 0.1) is 24.1 Å². The first-order valence-electron chi connectivity index (χ1n) is 5.68. The number of aryl methyl sites for hydroxylation is 1. The number of aromatic nitrogens is 1. The summed E-state index contributed by atoms with van der Waals surface area (Å²) in [6.45, 7) is 1.76. The maximum Gasteiger partial charge on any atom is 0.258 e. The third-order valence-electron chi connectivity index (χ3n) is 2.68. The van der Waals surface area contributed by atoms with E-state index in [2.05, 4.69) is 10.3 Å². The van der Waals surface area contributed by atoms with Crippen LogP contribution in [0.5, 0.6) is 5.75 Å². The van der Waals surface area contributed by atoms with E-state index >= 15 is 0 Å². The van der Waals surface area contributed by atoms with Gasteiger partial charge in [0.1, 0.15) is 11.6 Å². The molecule has 0 bridgehead atoms. The number of anilines is 1. The highest BCUT2D eigenvalue weighted by molar-refractivity contribution is 6.04. The summed E-state index contributed by atoms with van der Waals surface area (Å²) in [7, 11) is 1.44. The van der Waals surface area contributed by atoms with E-state index in [0.717, 1.165) is 0 Å². The molecular formula is C14H13FN2O2. The highest BCUT2D eigenvalue weighted by Crippen LogP contribution is 2.18. The van der Waals surface area contributed by atoms with Gasteiger partial charge in [-0.25, -0.2) is 4.39 Å². The summed E-state index contributed by atoms with van der Waals surface area (Å²) < 4.78 is 18.6. The normalized spacial score (nSPS) is 10.1. The minimum atomic E-state index is -0.626. The Balaban J connectivity index is 2.23. The predicted octanol–water partition coefficient (Wildman–Crippen LogP) is 2.79. The topological polar surface area (TPSA) is 51.2 Å². The minimum Gasteiger partial charge on any atom is -0.497 e. The lowest BCUT2D eigenvalue weighted by molar-refractivity contribution is 0.102. The lowest BCUT2D eigenvalue weighted by atomic mass is 10.2. The van der Waals surface area contributed by atoms with E-state index in [4.69, 9.17) is 4.74 Å². The van der Waals surface area contributed by atoms with Crippen LogP contribution in [0.3, 0.4) is 0 Å². The monoisotopic (exact) mass is 260 g/mol. The molecule has 98 valence electrons. The lowest BCUT2D eigenvalue weighted by Crippen LogP contribution is -2.14. The van der Waals surface area contributed by atoms with Crippen molar-refractivity contribution in [3.8, 4) is 5.75 Å². The summed E-state index contributed by atoms with van der Waals surface area (Å²) in [6, 6.07) is 7.50. The van der Waals surface area contributed by atoms with Gasteiger partial charge in [-0.1, -0.05) is 0 Å². The van der Waals surface area contributed by atoms with Crippen LogP contribution in [0, 0.1) is 12.7 Å². The molecule has 1 N–H and O–H groups in total. The van der Waals surface area contributed by atoms with Gasteiger partial charge in [0.15, 0.2) is 0 Å². The zero-order valence-electron chi connectivity index (χ0n) is 10.6. The summed E-state index contributed by atoms with van der Waals surface area (Å²) in [5.41, 5.74) is 1.19. The molecule has 1 amide bonds. The molecule has 0 unspecified atom stereocenters. The first-order valence-corrected chi connectivity index (χ1v) is 5.68. The van der Waals surface area contributed by atoms with Gasteiger partial charge in [-0.2, -0.15) is 0 Å². The Kier molecular flexibility index (Phi) is 3.75. The zero-order valence-corrected chi connectivity index (χ0v) is 10.6. The fraction of sp³-hybridized carbons (Fsp3) is 0.143. The zero-order chi connectivity index (χ0) is 13.8. The van der Waals surface area contributed by atoms with Crippen molar-refractivity contribution in [3.05, 3.63) is 53.6 Å². The number of hydrogen-bond donors (Lipinski definition) is 1. The number of rotatable bonds is 3. The van der Waals surface area contributed by atoms with Crippen LogP contribution in [-0.4, -0.2) is 18.0 Å². The molecule has 0 fully saturated rings. The van der Waals surface area contributed by atoms with Gasteiger partial charge < -0.3 is 10.1 Å². The van der Waals surface area contributed by atoms with E-state index in [1.807, 2.05) is 0 Å². The molecule has 1 heterocycles. The maximum atomic E-state index is 13.7. The van der Waals surface area contributed by atoms with Crippen molar-refractivity contribution in [1.82, 2.24) is 4.98 Å². The highest BCUT2D eigenvalue weighted by Gasteiger charge is 2.13. The molecule has 2 aromatic rings. The van der Waals surface area contributed by atoms with Crippen molar-refractivity contribution >= 4 is 11.6 Å². The van der Waals surface area contributed by atoms with Crippen LogP contribution in [0.15, 0.2) is 36.5 Å². The Morgan fingerprint density at radius 2 is 2.16 bits per heavy atom. The molecule has 1 aromatic carbocycles. The molecule has 0 radical (unpaired) electrons. The third kappa shape index (κ3) is 2.88. The number of hydrogen-bond acceptors (Lipinski definition) is 3. The number of carbonyl (C=O) groups is 1. The Hall–Kier alpha value is -2.43. The Morgan fingerprint density at radius 1 is 1.37 bits per heavy atom. The first-order chi connectivity index (χ1) is 9.11. The number of nitrogens with zero attached hydrogens (tertiary/aromatic N) is 1. The SMILES string of the molecule is COc1ccc(C(=O)Nc2cccnc2C)c(F)c1. The fourth-order valence-electron chi connectivity index (χ4n) is 1.61. The number of methoxy groups -OCH3 is 1. The predicted molar refractivity (Wildman–Crippen MR) is 69.9 cm³/mol. The number of halogens is 1. The number of benzene rings is 1. The van der Waals surface area contributed by atoms with Crippen LogP contribution >= 0.6 is 0 Å². The number of ether oxygens (including phenoxy) is 1. The molecule has 0 aliphatic carbocycles. The van der Waals surface area contributed by atoms with E-state index in [1.54, 1.807) is 25.3 Å². The standard InChI is InChI=1S/C14H13FN2O2/c1-9-13(4-3-7-16-9)17-14(18)11-6-5-10(19-2)8-12(11)15/h3-8H,1-2H3,(H,17,18). The smallest absolute Gasteiger partial charge is 0.258 e. The van der Waals surface area contributed by atoms with Gasteiger partial charge in [-0.3, -0.25) is 9.78 Å². The van der Waals surface area contributed by atoms with E-state index in [0.29, 0.717) is 17.1 Å². The largest absolute Gasteiger partial charge is 0.497 e. The van der Waals surface area contributed by atoms with Gasteiger partial charge in [0.25, 0.3) is 5.91 Å². The van der Waals surface area contributed by atoms with E-state index in [-0.39, 0.29) is 5.56 Å². The summed E-state index contributed by atoms with van der Waals surface area (Å²) in [5.74, 6) is -0.777. The first kappa shape index (κ1) is 13.0. The number of pyridine rings is 1.